The fourth-order valence-electron chi connectivity index (χ4n) is 2.19. The number of aliphatic imine (C=N–C) groups is 1. The maximum atomic E-state index is 5.83. The Balaban J connectivity index is 1.96. The van der Waals surface area contributed by atoms with Gasteiger partial charge < -0.3 is 11.1 Å². The summed E-state index contributed by atoms with van der Waals surface area (Å²) in [6, 6.07) is 6.49. The molecule has 0 atom stereocenters. The summed E-state index contributed by atoms with van der Waals surface area (Å²) in [5.74, 6) is 0.524. The Morgan fingerprint density at radius 2 is 2.18 bits per heavy atom. The summed E-state index contributed by atoms with van der Waals surface area (Å²) in [6.45, 7) is 2.96. The van der Waals surface area contributed by atoms with Gasteiger partial charge in [0, 0.05) is 12.2 Å². The van der Waals surface area contributed by atoms with Crippen molar-refractivity contribution in [2.24, 2.45) is 10.7 Å². The van der Waals surface area contributed by atoms with E-state index in [4.69, 9.17) is 5.73 Å². The lowest BCUT2D eigenvalue weighted by Crippen LogP contribution is -2.22. The largest absolute Gasteiger partial charge is 0.370 e. The molecule has 0 bridgehead atoms. The minimum atomic E-state index is 0.524. The van der Waals surface area contributed by atoms with E-state index in [0.717, 1.165) is 25.1 Å². The van der Waals surface area contributed by atoms with E-state index in [1.807, 2.05) is 0 Å². The number of unbranched alkanes of at least 4 members (excludes halogenated alkanes) is 1. The van der Waals surface area contributed by atoms with Crippen molar-refractivity contribution in [3.63, 3.8) is 0 Å². The molecular weight excluding hydrogens is 210 g/mol. The number of nitrogens with one attached hydrogen (secondary N) is 1. The fourth-order valence-corrected chi connectivity index (χ4v) is 2.19. The number of aryl methyl sites for hydroxylation is 2. The van der Waals surface area contributed by atoms with Gasteiger partial charge in [-0.3, -0.25) is 4.99 Å². The van der Waals surface area contributed by atoms with Crippen LogP contribution in [-0.2, 0) is 12.8 Å². The monoisotopic (exact) mass is 231 g/mol. The molecule has 1 aliphatic carbocycles. The van der Waals surface area contributed by atoms with Crippen LogP contribution < -0.4 is 11.1 Å². The molecule has 17 heavy (non-hydrogen) atoms. The van der Waals surface area contributed by atoms with Crippen molar-refractivity contribution in [1.29, 1.82) is 0 Å². The molecule has 3 nitrogen and oxygen atoms in total. The number of nitrogens with two attached hydrogens (primary N) is 1. The van der Waals surface area contributed by atoms with Gasteiger partial charge in [0.25, 0.3) is 0 Å². The van der Waals surface area contributed by atoms with Gasteiger partial charge in [0.15, 0.2) is 5.96 Å². The lowest BCUT2D eigenvalue weighted by molar-refractivity contribution is 0.807. The van der Waals surface area contributed by atoms with Crippen molar-refractivity contribution < 1.29 is 0 Å². The van der Waals surface area contributed by atoms with Crippen LogP contribution in [0.5, 0.6) is 0 Å². The zero-order chi connectivity index (χ0) is 12.1. The second-order valence-corrected chi connectivity index (χ2v) is 4.58. The molecule has 1 aromatic carbocycles. The number of benzene rings is 1. The zero-order valence-corrected chi connectivity index (χ0v) is 10.5. The van der Waals surface area contributed by atoms with E-state index >= 15 is 0 Å². The number of fused-ring (bicyclic) bond motifs is 1. The Labute approximate surface area is 103 Å². The highest BCUT2D eigenvalue weighted by Crippen LogP contribution is 2.24. The topological polar surface area (TPSA) is 50.4 Å². The molecule has 0 aromatic heterocycles. The van der Waals surface area contributed by atoms with Crippen LogP contribution in [0.15, 0.2) is 23.2 Å². The minimum Gasteiger partial charge on any atom is -0.370 e. The highest BCUT2D eigenvalue weighted by Gasteiger charge is 2.10. The van der Waals surface area contributed by atoms with Crippen LogP contribution in [0.3, 0.4) is 0 Å². The van der Waals surface area contributed by atoms with Crippen LogP contribution >= 0.6 is 0 Å². The van der Waals surface area contributed by atoms with Gasteiger partial charge in [-0.05, 0) is 48.9 Å². The van der Waals surface area contributed by atoms with Crippen molar-refractivity contribution in [3.8, 4) is 0 Å². The first-order chi connectivity index (χ1) is 8.29. The van der Waals surface area contributed by atoms with Crippen LogP contribution in [0.1, 0.15) is 37.3 Å². The highest BCUT2D eigenvalue weighted by molar-refractivity contribution is 5.92. The third kappa shape index (κ3) is 3.22. The smallest absolute Gasteiger partial charge is 0.193 e. The van der Waals surface area contributed by atoms with E-state index in [0.29, 0.717) is 5.96 Å². The Bertz CT molecular complexity index is 410. The molecule has 0 aliphatic heterocycles. The Morgan fingerprint density at radius 1 is 1.35 bits per heavy atom. The lowest BCUT2D eigenvalue weighted by Gasteiger charge is -2.07. The molecule has 0 saturated heterocycles. The summed E-state index contributed by atoms with van der Waals surface area (Å²) in [5.41, 5.74) is 9.83. The molecule has 3 heteroatoms. The van der Waals surface area contributed by atoms with Crippen molar-refractivity contribution in [1.82, 2.24) is 0 Å². The molecule has 0 radical (unpaired) electrons. The third-order valence-corrected chi connectivity index (χ3v) is 3.16. The predicted octanol–water partition coefficient (Wildman–Crippen LogP) is 2.70. The van der Waals surface area contributed by atoms with E-state index in [-0.39, 0.29) is 0 Å². The number of nitrogens with zero attached hydrogens (tertiary/aromatic N) is 1. The molecule has 0 fully saturated rings. The van der Waals surface area contributed by atoms with E-state index in [1.165, 1.54) is 30.4 Å². The Kier molecular flexibility index (Phi) is 4.02. The first kappa shape index (κ1) is 12.0. The summed E-state index contributed by atoms with van der Waals surface area (Å²) in [7, 11) is 0. The molecular formula is C14H21N3. The van der Waals surface area contributed by atoms with Crippen LogP contribution in [0.4, 0.5) is 5.69 Å². The Hall–Kier alpha value is -1.51. The summed E-state index contributed by atoms with van der Waals surface area (Å²) >= 11 is 0. The standard InChI is InChI=1S/C14H21N3/c1-2-3-9-16-14(15)17-13-8-7-11-5-4-6-12(11)10-13/h7-8,10H,2-6,9H2,1H3,(H3,15,16,17). The van der Waals surface area contributed by atoms with Gasteiger partial charge in [-0.1, -0.05) is 19.4 Å². The maximum Gasteiger partial charge on any atom is 0.193 e. The minimum absolute atomic E-state index is 0.524. The fraction of sp³-hybridized carbons (Fsp3) is 0.500. The van der Waals surface area contributed by atoms with Gasteiger partial charge in [-0.2, -0.15) is 0 Å². The molecule has 92 valence electrons. The van der Waals surface area contributed by atoms with E-state index in [2.05, 4.69) is 35.4 Å². The SMILES string of the molecule is CCCCN=C(N)Nc1ccc2c(c1)CCC2. The van der Waals surface area contributed by atoms with Crippen molar-refractivity contribution in [3.05, 3.63) is 29.3 Å². The quantitative estimate of drug-likeness (QED) is 0.475. The van der Waals surface area contributed by atoms with Crippen molar-refractivity contribution in [2.45, 2.75) is 39.0 Å². The number of hydrogen-bond donors (Lipinski definition) is 2. The van der Waals surface area contributed by atoms with Gasteiger partial charge in [0.2, 0.25) is 0 Å². The molecule has 2 rings (SSSR count). The van der Waals surface area contributed by atoms with Crippen LogP contribution in [-0.4, -0.2) is 12.5 Å². The van der Waals surface area contributed by atoms with Crippen LogP contribution in [0, 0.1) is 0 Å². The number of guanidine groups is 1. The van der Waals surface area contributed by atoms with Gasteiger partial charge in [0.1, 0.15) is 0 Å². The summed E-state index contributed by atoms with van der Waals surface area (Å²) in [6.07, 6.45) is 5.93. The molecule has 0 amide bonds. The molecule has 1 aromatic rings. The molecule has 0 unspecified atom stereocenters. The first-order valence-corrected chi connectivity index (χ1v) is 6.48. The Morgan fingerprint density at radius 3 is 3.00 bits per heavy atom. The molecule has 3 N–H and O–H groups in total. The van der Waals surface area contributed by atoms with E-state index in [1.54, 1.807) is 0 Å². The molecule has 0 heterocycles. The van der Waals surface area contributed by atoms with Crippen LogP contribution in [0.2, 0.25) is 0 Å². The lowest BCUT2D eigenvalue weighted by atomic mass is 10.1. The summed E-state index contributed by atoms with van der Waals surface area (Å²) < 4.78 is 0. The van der Waals surface area contributed by atoms with Gasteiger partial charge in [-0.25, -0.2) is 0 Å². The molecule has 0 spiro atoms. The van der Waals surface area contributed by atoms with Crippen molar-refractivity contribution in [2.75, 3.05) is 11.9 Å². The number of rotatable bonds is 4. The van der Waals surface area contributed by atoms with E-state index in [9.17, 15) is 0 Å². The van der Waals surface area contributed by atoms with E-state index < -0.39 is 0 Å². The maximum absolute atomic E-state index is 5.83. The second-order valence-electron chi connectivity index (χ2n) is 4.58. The first-order valence-electron chi connectivity index (χ1n) is 6.48. The van der Waals surface area contributed by atoms with Crippen molar-refractivity contribution >= 4 is 11.6 Å². The second kappa shape index (κ2) is 5.71. The van der Waals surface area contributed by atoms with Crippen LogP contribution in [0.25, 0.3) is 0 Å². The van der Waals surface area contributed by atoms with Gasteiger partial charge >= 0.3 is 0 Å². The predicted molar refractivity (Wildman–Crippen MR) is 73.5 cm³/mol. The molecule has 1 aliphatic rings. The zero-order valence-electron chi connectivity index (χ0n) is 10.5. The highest BCUT2D eigenvalue weighted by atomic mass is 15.1. The number of anilines is 1. The van der Waals surface area contributed by atoms with Gasteiger partial charge in [0.05, 0.1) is 0 Å². The van der Waals surface area contributed by atoms with Gasteiger partial charge in [-0.15, -0.1) is 0 Å². The molecule has 0 saturated carbocycles. The third-order valence-electron chi connectivity index (χ3n) is 3.16. The average Bonchev–Trinajstić information content (AvgIpc) is 2.76. The summed E-state index contributed by atoms with van der Waals surface area (Å²) in [4.78, 5) is 4.29. The normalized spacial score (nSPS) is 14.8. The summed E-state index contributed by atoms with van der Waals surface area (Å²) in [5, 5.41) is 3.16. The average molecular weight is 231 g/mol. The number of hydrogen-bond acceptors (Lipinski definition) is 1.